The minimum atomic E-state index is 0.113. The molecule has 0 aliphatic heterocycles. The van der Waals surface area contributed by atoms with Crippen LogP contribution in [-0.2, 0) is 11.5 Å². The summed E-state index contributed by atoms with van der Waals surface area (Å²) in [4.78, 5) is 26.5. The van der Waals surface area contributed by atoms with Crippen LogP contribution >= 0.6 is 11.8 Å². The Morgan fingerprint density at radius 1 is 1.12 bits per heavy atom. The van der Waals surface area contributed by atoms with Gasteiger partial charge in [0.1, 0.15) is 5.82 Å². The summed E-state index contributed by atoms with van der Waals surface area (Å²) in [6.07, 6.45) is 0. The monoisotopic (exact) mass is 359 g/mol. The Kier molecular flexibility index (Phi) is 6.00. The van der Waals surface area contributed by atoms with Gasteiger partial charge in [0.2, 0.25) is 11.9 Å². The summed E-state index contributed by atoms with van der Waals surface area (Å²) in [5.74, 6) is 3.00. The first-order chi connectivity index (χ1) is 11.7. The maximum atomic E-state index is 11.9. The Hall–Kier alpha value is -2.15. The molecule has 0 radical (unpaired) electrons. The van der Waals surface area contributed by atoms with E-state index in [1.165, 1.54) is 11.1 Å². The molecule has 1 heterocycles. The molecule has 2 aromatic rings. The highest BCUT2D eigenvalue weighted by Gasteiger charge is 2.14. The Labute approximate surface area is 153 Å². The maximum Gasteiger partial charge on any atom is 0.229 e. The van der Waals surface area contributed by atoms with Crippen LogP contribution in [0.2, 0.25) is 0 Å². The number of nitrogens with zero attached hydrogens (tertiary/aromatic N) is 4. The lowest BCUT2D eigenvalue weighted by atomic mass is 9.92. The van der Waals surface area contributed by atoms with Gasteiger partial charge in [-0.2, -0.15) is 15.0 Å². The molecular formula is C18H25N5OS. The van der Waals surface area contributed by atoms with Crippen LogP contribution < -0.4 is 10.6 Å². The molecule has 0 bridgehead atoms. The molecule has 2 N–H and O–H groups in total. The van der Waals surface area contributed by atoms with Gasteiger partial charge in [0.15, 0.2) is 5.78 Å². The molecule has 0 fully saturated rings. The summed E-state index contributed by atoms with van der Waals surface area (Å²) in [6.45, 7) is 7.73. The number of hydrogen-bond acceptors (Lipinski definition) is 7. The first-order valence-corrected chi connectivity index (χ1v) is 9.22. The second kappa shape index (κ2) is 7.82. The number of aryl methyl sites for hydroxylation is 2. The number of nitrogen functional groups attached to an aromatic ring is 1. The second-order valence-electron chi connectivity index (χ2n) is 6.34. The fourth-order valence-electron chi connectivity index (χ4n) is 2.92. The number of thioether (sulfide) groups is 1. The summed E-state index contributed by atoms with van der Waals surface area (Å²) in [5, 5.41) is 0. The van der Waals surface area contributed by atoms with Crippen molar-refractivity contribution < 1.29 is 4.79 Å². The zero-order valence-corrected chi connectivity index (χ0v) is 16.5. The maximum absolute atomic E-state index is 11.9. The molecular weight excluding hydrogens is 334 g/mol. The molecule has 0 aliphatic rings. The Morgan fingerprint density at radius 3 is 2.40 bits per heavy atom. The van der Waals surface area contributed by atoms with Crippen LogP contribution in [0.3, 0.4) is 0 Å². The third-order valence-corrected chi connectivity index (χ3v) is 5.00. The standard InChI is InChI=1S/C18H25N5OS/c1-10-7-11(2)16(13(4)24)12(3)14(10)8-25-9-15-20-17(19)22-18(21-15)23(5)6/h7H,8-9H2,1-6H3,(H2,19,20,21,22). The topological polar surface area (TPSA) is 85.0 Å². The van der Waals surface area contributed by atoms with Crippen molar-refractivity contribution in [3.05, 3.63) is 39.7 Å². The van der Waals surface area contributed by atoms with Crippen molar-refractivity contribution in [2.75, 3.05) is 24.7 Å². The molecule has 1 aromatic heterocycles. The first-order valence-electron chi connectivity index (χ1n) is 8.06. The van der Waals surface area contributed by atoms with E-state index in [9.17, 15) is 4.79 Å². The average molecular weight is 359 g/mol. The van der Waals surface area contributed by atoms with Gasteiger partial charge in [-0.1, -0.05) is 6.07 Å². The highest BCUT2D eigenvalue weighted by atomic mass is 32.2. The van der Waals surface area contributed by atoms with Crippen molar-refractivity contribution in [2.45, 2.75) is 39.2 Å². The zero-order valence-electron chi connectivity index (χ0n) is 15.7. The van der Waals surface area contributed by atoms with Gasteiger partial charge >= 0.3 is 0 Å². The van der Waals surface area contributed by atoms with Crippen LogP contribution in [0.25, 0.3) is 0 Å². The van der Waals surface area contributed by atoms with Crippen molar-refractivity contribution in [3.8, 4) is 0 Å². The number of ketones is 1. The first kappa shape index (κ1) is 19.2. The Bertz CT molecular complexity index is 805. The van der Waals surface area contributed by atoms with Gasteiger partial charge in [-0.25, -0.2) is 0 Å². The smallest absolute Gasteiger partial charge is 0.229 e. The molecule has 0 amide bonds. The number of anilines is 2. The fourth-order valence-corrected chi connectivity index (χ4v) is 3.99. The van der Waals surface area contributed by atoms with E-state index in [1.807, 2.05) is 27.9 Å². The predicted octanol–water partition coefficient (Wildman–Crippen LogP) is 3.08. The van der Waals surface area contributed by atoms with E-state index < -0.39 is 0 Å². The summed E-state index contributed by atoms with van der Waals surface area (Å²) in [6, 6.07) is 2.09. The largest absolute Gasteiger partial charge is 0.368 e. The number of aromatic nitrogens is 3. The van der Waals surface area contributed by atoms with E-state index >= 15 is 0 Å². The van der Waals surface area contributed by atoms with Crippen molar-refractivity contribution in [1.29, 1.82) is 0 Å². The number of Topliss-reactive ketones (excluding diaryl/α,β-unsaturated/α-hetero) is 1. The van der Waals surface area contributed by atoms with Crippen molar-refractivity contribution in [1.82, 2.24) is 15.0 Å². The molecule has 7 heteroatoms. The number of nitrogens with two attached hydrogens (primary N) is 1. The molecule has 0 aliphatic carbocycles. The van der Waals surface area contributed by atoms with Gasteiger partial charge in [-0.15, -0.1) is 11.8 Å². The van der Waals surface area contributed by atoms with Crippen LogP contribution in [0, 0.1) is 20.8 Å². The van der Waals surface area contributed by atoms with Gasteiger partial charge < -0.3 is 10.6 Å². The number of carbonyl (C=O) groups is 1. The second-order valence-corrected chi connectivity index (χ2v) is 7.33. The highest BCUT2D eigenvalue weighted by molar-refractivity contribution is 7.97. The van der Waals surface area contributed by atoms with Gasteiger partial charge in [0, 0.05) is 25.4 Å². The van der Waals surface area contributed by atoms with E-state index in [0.717, 1.165) is 22.4 Å². The predicted molar refractivity (Wildman–Crippen MR) is 104 cm³/mol. The minimum absolute atomic E-state index is 0.113. The summed E-state index contributed by atoms with van der Waals surface area (Å²) < 4.78 is 0. The molecule has 6 nitrogen and oxygen atoms in total. The Morgan fingerprint density at radius 2 is 1.80 bits per heavy atom. The van der Waals surface area contributed by atoms with Crippen LogP contribution in [0.4, 0.5) is 11.9 Å². The quantitative estimate of drug-likeness (QED) is 0.793. The number of hydrogen-bond donors (Lipinski definition) is 1. The minimum Gasteiger partial charge on any atom is -0.368 e. The molecule has 0 atom stereocenters. The van der Waals surface area contributed by atoms with Gasteiger partial charge in [-0.3, -0.25) is 4.79 Å². The van der Waals surface area contributed by atoms with E-state index in [4.69, 9.17) is 5.73 Å². The number of rotatable bonds is 6. The lowest BCUT2D eigenvalue weighted by molar-refractivity contribution is 0.101. The normalized spacial score (nSPS) is 10.8. The SMILES string of the molecule is CC(=O)c1c(C)cc(C)c(CSCc2nc(N)nc(N(C)C)n2)c1C. The Balaban J connectivity index is 2.18. The van der Waals surface area contributed by atoms with Crippen molar-refractivity contribution >= 4 is 29.4 Å². The van der Waals surface area contributed by atoms with Crippen molar-refractivity contribution in [3.63, 3.8) is 0 Å². The lowest BCUT2D eigenvalue weighted by Gasteiger charge is -2.16. The molecule has 25 heavy (non-hydrogen) atoms. The van der Waals surface area contributed by atoms with Crippen LogP contribution in [0.1, 0.15) is 45.4 Å². The average Bonchev–Trinajstić information content (AvgIpc) is 2.49. The van der Waals surface area contributed by atoms with Gasteiger partial charge in [0.25, 0.3) is 0 Å². The van der Waals surface area contributed by atoms with Crippen LogP contribution in [0.5, 0.6) is 0 Å². The molecule has 0 unspecified atom stereocenters. The van der Waals surface area contributed by atoms with E-state index in [1.54, 1.807) is 23.6 Å². The number of benzene rings is 1. The highest BCUT2D eigenvalue weighted by Crippen LogP contribution is 2.27. The van der Waals surface area contributed by atoms with E-state index in [0.29, 0.717) is 17.5 Å². The third-order valence-electron chi connectivity index (χ3n) is 4.05. The lowest BCUT2D eigenvalue weighted by Crippen LogP contribution is -2.16. The molecule has 134 valence electrons. The summed E-state index contributed by atoms with van der Waals surface area (Å²) >= 11 is 1.71. The summed E-state index contributed by atoms with van der Waals surface area (Å²) in [5.41, 5.74) is 11.1. The third kappa shape index (κ3) is 4.48. The van der Waals surface area contributed by atoms with Gasteiger partial charge in [0.05, 0.1) is 5.75 Å². The fraction of sp³-hybridized carbons (Fsp3) is 0.444. The zero-order chi connectivity index (χ0) is 18.7. The molecule has 0 spiro atoms. The molecule has 2 rings (SSSR count). The van der Waals surface area contributed by atoms with Crippen molar-refractivity contribution in [2.24, 2.45) is 0 Å². The molecule has 0 saturated heterocycles. The molecule has 0 saturated carbocycles. The summed E-state index contributed by atoms with van der Waals surface area (Å²) in [7, 11) is 3.74. The van der Waals surface area contributed by atoms with Gasteiger partial charge in [-0.05, 0) is 49.9 Å². The van der Waals surface area contributed by atoms with Crippen LogP contribution in [-0.4, -0.2) is 34.8 Å². The molecule has 1 aromatic carbocycles. The van der Waals surface area contributed by atoms with Crippen LogP contribution in [0.15, 0.2) is 6.07 Å². The van der Waals surface area contributed by atoms with E-state index in [2.05, 4.69) is 27.9 Å². The van der Waals surface area contributed by atoms with E-state index in [-0.39, 0.29) is 11.7 Å². The number of carbonyl (C=O) groups excluding carboxylic acids is 1.